The first-order valence-electron chi connectivity index (χ1n) is 4.13. The fourth-order valence-corrected chi connectivity index (χ4v) is 1.42. The Kier molecular flexibility index (Phi) is 2.04. The van der Waals surface area contributed by atoms with Crippen molar-refractivity contribution in [2.24, 2.45) is 11.3 Å². The van der Waals surface area contributed by atoms with Crippen LogP contribution in [0.4, 0.5) is 0 Å². The quantitative estimate of drug-likeness (QED) is 0.546. The maximum Gasteiger partial charge on any atom is 0.0604 e. The van der Waals surface area contributed by atoms with Crippen LogP contribution in [0.15, 0.2) is 0 Å². The van der Waals surface area contributed by atoms with Crippen LogP contribution in [0.5, 0.6) is 0 Å². The van der Waals surface area contributed by atoms with Crippen LogP contribution in [0, 0.1) is 11.3 Å². The second kappa shape index (κ2) is 2.54. The maximum absolute atomic E-state index is 5.63. The predicted molar refractivity (Wildman–Crippen MR) is 43.0 cm³/mol. The van der Waals surface area contributed by atoms with Gasteiger partial charge in [0.1, 0.15) is 0 Å². The van der Waals surface area contributed by atoms with Crippen molar-refractivity contribution in [3.05, 3.63) is 0 Å². The van der Waals surface area contributed by atoms with Crippen molar-refractivity contribution >= 4 is 0 Å². The highest BCUT2D eigenvalue weighted by molar-refractivity contribution is 4.81. The summed E-state index contributed by atoms with van der Waals surface area (Å²) in [6, 6.07) is 0. The van der Waals surface area contributed by atoms with E-state index in [0.717, 1.165) is 6.61 Å². The smallest absolute Gasteiger partial charge is 0.0604 e. The summed E-state index contributed by atoms with van der Waals surface area (Å²) in [5.41, 5.74) is 0.426. The number of ether oxygens (including phenoxy) is 1. The highest BCUT2D eigenvalue weighted by Crippen LogP contribution is 2.34. The third kappa shape index (κ3) is 1.72. The van der Waals surface area contributed by atoms with E-state index in [2.05, 4.69) is 27.7 Å². The van der Waals surface area contributed by atoms with E-state index in [1.165, 1.54) is 6.42 Å². The molecule has 1 heteroatoms. The molecule has 0 unspecified atom stereocenters. The molecule has 0 radical (unpaired) electrons. The molecule has 0 N–H and O–H groups in total. The highest BCUT2D eigenvalue weighted by atomic mass is 16.5. The zero-order chi connectivity index (χ0) is 7.78. The molecule has 1 heterocycles. The zero-order valence-corrected chi connectivity index (χ0v) is 7.48. The van der Waals surface area contributed by atoms with Crippen molar-refractivity contribution in [1.29, 1.82) is 0 Å². The molecule has 60 valence electrons. The molecule has 1 atom stereocenters. The summed E-state index contributed by atoms with van der Waals surface area (Å²) < 4.78 is 5.63. The molecule has 0 spiro atoms. The van der Waals surface area contributed by atoms with Crippen LogP contribution in [0.25, 0.3) is 0 Å². The SMILES string of the molecule is CC(C)[C@@H]1CC(C)(C)CO1. The topological polar surface area (TPSA) is 9.23 Å². The summed E-state index contributed by atoms with van der Waals surface area (Å²) in [6.45, 7) is 9.94. The molecule has 10 heavy (non-hydrogen) atoms. The minimum Gasteiger partial charge on any atom is -0.377 e. The van der Waals surface area contributed by atoms with E-state index >= 15 is 0 Å². The Morgan fingerprint density at radius 3 is 2.20 bits per heavy atom. The lowest BCUT2D eigenvalue weighted by Crippen LogP contribution is -2.14. The van der Waals surface area contributed by atoms with Gasteiger partial charge in [-0.05, 0) is 17.8 Å². The van der Waals surface area contributed by atoms with E-state index in [0.29, 0.717) is 17.4 Å². The van der Waals surface area contributed by atoms with Crippen LogP contribution in [0.3, 0.4) is 0 Å². The maximum atomic E-state index is 5.63. The van der Waals surface area contributed by atoms with Crippen LogP contribution in [-0.2, 0) is 4.74 Å². The molecule has 1 fully saturated rings. The van der Waals surface area contributed by atoms with Crippen molar-refractivity contribution in [2.75, 3.05) is 6.61 Å². The minimum absolute atomic E-state index is 0.426. The van der Waals surface area contributed by atoms with Crippen molar-refractivity contribution in [3.8, 4) is 0 Å². The Hall–Kier alpha value is -0.0400. The molecule has 1 rings (SSSR count). The Labute approximate surface area is 63.8 Å². The summed E-state index contributed by atoms with van der Waals surface area (Å²) in [5.74, 6) is 0.682. The lowest BCUT2D eigenvalue weighted by Gasteiger charge is -2.15. The highest BCUT2D eigenvalue weighted by Gasteiger charge is 2.33. The van der Waals surface area contributed by atoms with Gasteiger partial charge in [0, 0.05) is 0 Å². The first kappa shape index (κ1) is 8.06. The van der Waals surface area contributed by atoms with Gasteiger partial charge >= 0.3 is 0 Å². The van der Waals surface area contributed by atoms with E-state index in [1.54, 1.807) is 0 Å². The van der Waals surface area contributed by atoms with Gasteiger partial charge < -0.3 is 4.74 Å². The first-order chi connectivity index (χ1) is 4.51. The van der Waals surface area contributed by atoms with Gasteiger partial charge in [0.15, 0.2) is 0 Å². The molecule has 0 bridgehead atoms. The van der Waals surface area contributed by atoms with Crippen LogP contribution >= 0.6 is 0 Å². The summed E-state index contributed by atoms with van der Waals surface area (Å²) in [7, 11) is 0. The summed E-state index contributed by atoms with van der Waals surface area (Å²) in [4.78, 5) is 0. The van der Waals surface area contributed by atoms with Crippen LogP contribution in [0.2, 0.25) is 0 Å². The molecule has 0 aromatic carbocycles. The van der Waals surface area contributed by atoms with Gasteiger partial charge in [-0.15, -0.1) is 0 Å². The summed E-state index contributed by atoms with van der Waals surface area (Å²) in [6.07, 6.45) is 1.74. The molecule has 0 amide bonds. The fraction of sp³-hybridized carbons (Fsp3) is 1.00. The standard InChI is InChI=1S/C9H18O/c1-7(2)8-5-9(3,4)6-10-8/h7-8H,5-6H2,1-4H3/t8-/m0/s1. The molecule has 0 aromatic heterocycles. The average Bonchev–Trinajstić information content (AvgIpc) is 2.10. The molecule has 1 nitrogen and oxygen atoms in total. The van der Waals surface area contributed by atoms with Crippen LogP contribution in [-0.4, -0.2) is 12.7 Å². The molecule has 0 aromatic rings. The molecule has 1 aliphatic rings. The third-order valence-electron chi connectivity index (χ3n) is 2.19. The van der Waals surface area contributed by atoms with Gasteiger partial charge in [0.25, 0.3) is 0 Å². The van der Waals surface area contributed by atoms with E-state index < -0.39 is 0 Å². The minimum atomic E-state index is 0.426. The van der Waals surface area contributed by atoms with Gasteiger partial charge in [-0.3, -0.25) is 0 Å². The fourth-order valence-electron chi connectivity index (χ4n) is 1.42. The Bertz CT molecular complexity index is 116. The van der Waals surface area contributed by atoms with E-state index in [4.69, 9.17) is 4.74 Å². The number of rotatable bonds is 1. The lowest BCUT2D eigenvalue weighted by atomic mass is 9.88. The largest absolute Gasteiger partial charge is 0.377 e. The molecule has 1 saturated heterocycles. The van der Waals surface area contributed by atoms with Crippen molar-refractivity contribution in [1.82, 2.24) is 0 Å². The van der Waals surface area contributed by atoms with E-state index in [1.807, 2.05) is 0 Å². The normalized spacial score (nSPS) is 31.5. The van der Waals surface area contributed by atoms with Crippen LogP contribution < -0.4 is 0 Å². The molecular weight excluding hydrogens is 124 g/mol. The number of hydrogen-bond donors (Lipinski definition) is 0. The zero-order valence-electron chi connectivity index (χ0n) is 7.48. The van der Waals surface area contributed by atoms with E-state index in [9.17, 15) is 0 Å². The lowest BCUT2D eigenvalue weighted by molar-refractivity contribution is 0.0691. The second-order valence-electron chi connectivity index (χ2n) is 4.46. The van der Waals surface area contributed by atoms with Gasteiger partial charge in [-0.2, -0.15) is 0 Å². The first-order valence-corrected chi connectivity index (χ1v) is 4.13. The molecule has 0 aliphatic carbocycles. The summed E-state index contributed by atoms with van der Waals surface area (Å²) in [5, 5.41) is 0. The third-order valence-corrected chi connectivity index (χ3v) is 2.19. The molecule has 0 saturated carbocycles. The van der Waals surface area contributed by atoms with Crippen LogP contribution in [0.1, 0.15) is 34.1 Å². The Morgan fingerprint density at radius 2 is 2.00 bits per heavy atom. The van der Waals surface area contributed by atoms with Gasteiger partial charge in [0.05, 0.1) is 12.7 Å². The Balaban J connectivity index is 2.43. The van der Waals surface area contributed by atoms with E-state index in [-0.39, 0.29) is 0 Å². The average molecular weight is 142 g/mol. The molecule has 1 aliphatic heterocycles. The van der Waals surface area contributed by atoms with Crippen molar-refractivity contribution in [3.63, 3.8) is 0 Å². The Morgan fingerprint density at radius 1 is 1.40 bits per heavy atom. The number of hydrogen-bond acceptors (Lipinski definition) is 1. The van der Waals surface area contributed by atoms with Gasteiger partial charge in [0.2, 0.25) is 0 Å². The van der Waals surface area contributed by atoms with Gasteiger partial charge in [-0.25, -0.2) is 0 Å². The van der Waals surface area contributed by atoms with Gasteiger partial charge in [-0.1, -0.05) is 27.7 Å². The van der Waals surface area contributed by atoms with Crippen molar-refractivity contribution < 1.29 is 4.74 Å². The van der Waals surface area contributed by atoms with Crippen molar-refractivity contribution in [2.45, 2.75) is 40.2 Å². The monoisotopic (exact) mass is 142 g/mol. The second-order valence-corrected chi connectivity index (χ2v) is 4.46. The predicted octanol–water partition coefficient (Wildman–Crippen LogP) is 2.46. The molecular formula is C9H18O. The summed E-state index contributed by atoms with van der Waals surface area (Å²) >= 11 is 0.